The summed E-state index contributed by atoms with van der Waals surface area (Å²) in [5.41, 5.74) is 3.66. The normalized spacial score (nSPS) is 10.7. The molecule has 0 bridgehead atoms. The molecule has 7 nitrogen and oxygen atoms in total. The van der Waals surface area contributed by atoms with Crippen LogP contribution in [0, 0.1) is 0 Å². The maximum Gasteiger partial charge on any atom is 0.269 e. The first-order chi connectivity index (χ1) is 15.1. The van der Waals surface area contributed by atoms with Gasteiger partial charge in [0.1, 0.15) is 17.2 Å². The third kappa shape index (κ3) is 4.29. The Balaban J connectivity index is 1.56. The molecule has 0 spiro atoms. The minimum Gasteiger partial charge on any atom is -0.497 e. The quantitative estimate of drug-likeness (QED) is 0.473. The molecule has 0 aliphatic carbocycles. The van der Waals surface area contributed by atoms with E-state index in [4.69, 9.17) is 9.47 Å². The first kappa shape index (κ1) is 20.6. The molecule has 1 N–H and O–H groups in total. The highest BCUT2D eigenvalue weighted by atomic mass is 32.1. The monoisotopic (exact) mass is 434 g/mol. The summed E-state index contributed by atoms with van der Waals surface area (Å²) in [5.74, 6) is 1.12. The van der Waals surface area contributed by atoms with Crippen molar-refractivity contribution in [3.05, 3.63) is 71.4 Å². The average molecular weight is 435 g/mol. The Bertz CT molecular complexity index is 1200. The van der Waals surface area contributed by atoms with E-state index in [2.05, 4.69) is 15.4 Å². The lowest BCUT2D eigenvalue weighted by molar-refractivity contribution is 0.0941. The summed E-state index contributed by atoms with van der Waals surface area (Å²) in [6.45, 7) is 0.364. The molecule has 158 valence electrons. The molecular formula is C23H22N4O3S. The van der Waals surface area contributed by atoms with Crippen molar-refractivity contribution in [3.8, 4) is 33.3 Å². The topological polar surface area (TPSA) is 78.3 Å². The lowest BCUT2D eigenvalue weighted by atomic mass is 10.1. The van der Waals surface area contributed by atoms with Crippen molar-refractivity contribution in [2.24, 2.45) is 7.05 Å². The highest BCUT2D eigenvalue weighted by Crippen LogP contribution is 2.33. The number of carbonyl (C=O) groups is 1. The third-order valence-corrected chi connectivity index (χ3v) is 5.76. The van der Waals surface area contributed by atoms with E-state index in [1.54, 1.807) is 49.5 Å². The van der Waals surface area contributed by atoms with Crippen LogP contribution in [0.15, 0.2) is 60.1 Å². The Kier molecular flexibility index (Phi) is 5.99. The van der Waals surface area contributed by atoms with Crippen LogP contribution in [0.2, 0.25) is 0 Å². The summed E-state index contributed by atoms with van der Waals surface area (Å²) < 4.78 is 12.3. The summed E-state index contributed by atoms with van der Waals surface area (Å²) in [6.07, 6.45) is 1.76. The van der Waals surface area contributed by atoms with E-state index in [1.165, 1.54) is 0 Å². The first-order valence-corrected chi connectivity index (χ1v) is 10.5. The van der Waals surface area contributed by atoms with Crippen molar-refractivity contribution < 1.29 is 14.3 Å². The molecule has 0 saturated carbocycles. The fraction of sp³-hybridized carbons (Fsp3) is 0.174. The molecule has 0 radical (unpaired) electrons. The van der Waals surface area contributed by atoms with Crippen molar-refractivity contribution >= 4 is 17.2 Å². The molecule has 0 fully saturated rings. The van der Waals surface area contributed by atoms with Crippen molar-refractivity contribution in [1.29, 1.82) is 0 Å². The molecule has 4 aromatic rings. The van der Waals surface area contributed by atoms with E-state index in [-0.39, 0.29) is 5.91 Å². The van der Waals surface area contributed by atoms with Crippen LogP contribution >= 0.6 is 11.3 Å². The Morgan fingerprint density at radius 3 is 2.74 bits per heavy atom. The van der Waals surface area contributed by atoms with Crippen molar-refractivity contribution in [1.82, 2.24) is 20.1 Å². The molecule has 0 saturated heterocycles. The lowest BCUT2D eigenvalue weighted by Crippen LogP contribution is -2.25. The van der Waals surface area contributed by atoms with Crippen LogP contribution in [0.3, 0.4) is 0 Å². The van der Waals surface area contributed by atoms with Gasteiger partial charge in [-0.1, -0.05) is 12.1 Å². The van der Waals surface area contributed by atoms with E-state index in [9.17, 15) is 4.79 Å². The van der Waals surface area contributed by atoms with Gasteiger partial charge < -0.3 is 14.8 Å². The third-order valence-electron chi connectivity index (χ3n) is 4.88. The fourth-order valence-corrected chi connectivity index (χ4v) is 4.06. The highest BCUT2D eigenvalue weighted by Gasteiger charge is 2.18. The van der Waals surface area contributed by atoms with Crippen molar-refractivity contribution in [2.75, 3.05) is 14.2 Å². The zero-order valence-corrected chi connectivity index (χ0v) is 18.3. The second-order valence-corrected chi connectivity index (χ2v) is 7.72. The Hall–Kier alpha value is -3.65. The lowest BCUT2D eigenvalue weighted by Gasteiger charge is -2.09. The average Bonchev–Trinajstić information content (AvgIpc) is 3.47. The fourth-order valence-electron chi connectivity index (χ4n) is 3.31. The van der Waals surface area contributed by atoms with Gasteiger partial charge in [0.25, 0.3) is 5.91 Å². The van der Waals surface area contributed by atoms with Crippen molar-refractivity contribution in [2.45, 2.75) is 6.54 Å². The zero-order chi connectivity index (χ0) is 21.8. The molecule has 3 aromatic heterocycles. The Morgan fingerprint density at radius 2 is 2.00 bits per heavy atom. The van der Waals surface area contributed by atoms with Crippen LogP contribution in [0.25, 0.3) is 21.8 Å². The number of hydrogen-bond donors (Lipinski definition) is 1. The van der Waals surface area contributed by atoms with Gasteiger partial charge in [0, 0.05) is 25.4 Å². The largest absolute Gasteiger partial charge is 0.497 e. The standard InChI is InChI=1S/C23H22N4O3S/c1-27-19(13-18(26-27)17-12-16(29-2)8-9-20(17)30-3)23(28)25-14-15-6-4-10-24-22(15)21-7-5-11-31-21/h4-13H,14H2,1-3H3,(H,25,28). The molecule has 4 rings (SSSR count). The summed E-state index contributed by atoms with van der Waals surface area (Å²) in [5, 5.41) is 9.50. The number of nitrogens with one attached hydrogen (secondary N) is 1. The number of methoxy groups -OCH3 is 2. The molecule has 0 unspecified atom stereocenters. The summed E-state index contributed by atoms with van der Waals surface area (Å²) in [4.78, 5) is 18.5. The minimum absolute atomic E-state index is 0.218. The van der Waals surface area contributed by atoms with Gasteiger partial charge in [0.2, 0.25) is 0 Å². The van der Waals surface area contributed by atoms with Gasteiger partial charge in [-0.3, -0.25) is 14.5 Å². The highest BCUT2D eigenvalue weighted by molar-refractivity contribution is 7.13. The Morgan fingerprint density at radius 1 is 1.13 bits per heavy atom. The summed E-state index contributed by atoms with van der Waals surface area (Å²) in [7, 11) is 4.94. The smallest absolute Gasteiger partial charge is 0.269 e. The predicted molar refractivity (Wildman–Crippen MR) is 120 cm³/mol. The SMILES string of the molecule is COc1ccc(OC)c(-c2cc(C(=O)NCc3cccnc3-c3cccs3)n(C)n2)c1. The molecule has 3 heterocycles. The molecule has 0 aliphatic heterocycles. The van der Waals surface area contributed by atoms with Gasteiger partial charge in [-0.2, -0.15) is 5.10 Å². The number of carbonyl (C=O) groups excluding carboxylic acids is 1. The van der Waals surface area contributed by atoms with Crippen LogP contribution in [-0.2, 0) is 13.6 Å². The molecule has 31 heavy (non-hydrogen) atoms. The van der Waals surface area contributed by atoms with Crippen LogP contribution < -0.4 is 14.8 Å². The number of nitrogens with zero attached hydrogens (tertiary/aromatic N) is 3. The van der Waals surface area contributed by atoms with Gasteiger partial charge in [-0.25, -0.2) is 0 Å². The van der Waals surface area contributed by atoms with Gasteiger partial charge >= 0.3 is 0 Å². The molecule has 0 atom stereocenters. The number of benzene rings is 1. The number of aromatic nitrogens is 3. The van der Waals surface area contributed by atoms with E-state index in [0.29, 0.717) is 29.4 Å². The van der Waals surface area contributed by atoms with Gasteiger partial charge in [0.05, 0.1) is 30.5 Å². The number of aryl methyl sites for hydroxylation is 1. The molecular weight excluding hydrogens is 412 g/mol. The van der Waals surface area contributed by atoms with Gasteiger partial charge in [-0.15, -0.1) is 11.3 Å². The second-order valence-electron chi connectivity index (χ2n) is 6.78. The number of pyridine rings is 1. The molecule has 0 aliphatic rings. The van der Waals surface area contributed by atoms with Crippen LogP contribution in [-0.4, -0.2) is 34.9 Å². The molecule has 8 heteroatoms. The summed E-state index contributed by atoms with van der Waals surface area (Å²) in [6, 6.07) is 15.1. The van der Waals surface area contributed by atoms with E-state index in [0.717, 1.165) is 21.7 Å². The number of rotatable bonds is 7. The summed E-state index contributed by atoms with van der Waals surface area (Å²) >= 11 is 1.62. The predicted octanol–water partition coefficient (Wildman–Crippen LogP) is 4.16. The van der Waals surface area contributed by atoms with E-state index >= 15 is 0 Å². The van der Waals surface area contributed by atoms with E-state index < -0.39 is 0 Å². The van der Waals surface area contributed by atoms with E-state index in [1.807, 2.05) is 47.8 Å². The van der Waals surface area contributed by atoms with Crippen LogP contribution in [0.1, 0.15) is 16.1 Å². The van der Waals surface area contributed by atoms with Gasteiger partial charge in [0.15, 0.2) is 0 Å². The van der Waals surface area contributed by atoms with Crippen LogP contribution in [0.4, 0.5) is 0 Å². The maximum atomic E-state index is 12.9. The van der Waals surface area contributed by atoms with Gasteiger partial charge in [-0.05, 0) is 47.3 Å². The zero-order valence-electron chi connectivity index (χ0n) is 17.5. The molecule has 1 aromatic carbocycles. The number of hydrogen-bond acceptors (Lipinski definition) is 6. The minimum atomic E-state index is -0.218. The molecule has 1 amide bonds. The first-order valence-electron chi connectivity index (χ1n) is 9.63. The Labute approximate surface area is 184 Å². The second kappa shape index (κ2) is 9.01. The van der Waals surface area contributed by atoms with Crippen LogP contribution in [0.5, 0.6) is 11.5 Å². The van der Waals surface area contributed by atoms with Crippen molar-refractivity contribution in [3.63, 3.8) is 0 Å². The number of amides is 1. The maximum absolute atomic E-state index is 12.9. The number of thiophene rings is 1. The number of ether oxygens (including phenoxy) is 2.